The maximum atomic E-state index is 13.6. The lowest BCUT2D eigenvalue weighted by molar-refractivity contribution is -0.123. The van der Waals surface area contributed by atoms with Gasteiger partial charge in [-0.25, -0.2) is 0 Å². The molecule has 2 amide bonds. The normalized spacial score (nSPS) is 12.8. The predicted octanol–water partition coefficient (Wildman–Crippen LogP) is 22.9. The van der Waals surface area contributed by atoms with Crippen molar-refractivity contribution in [1.82, 2.24) is 16.0 Å². The van der Waals surface area contributed by atoms with Crippen molar-refractivity contribution in [3.05, 3.63) is 181 Å². The molecule has 6 aromatic rings. The number of nitrogens with two attached hydrogens (primary N) is 1. The molecule has 13 nitrogen and oxygen atoms in total. The van der Waals surface area contributed by atoms with Crippen molar-refractivity contribution >= 4 is 55.5 Å². The number of amides is 2. The number of carbonyl (C=O) groups excluding carboxylic acids is 3. The van der Waals surface area contributed by atoms with Gasteiger partial charge in [0.25, 0.3) is 16.6 Å². The molecule has 0 bridgehead atoms. The van der Waals surface area contributed by atoms with E-state index in [1.54, 1.807) is 14.2 Å². The molecule has 0 aromatic heterocycles. The maximum Gasteiger partial charge on any atom is 0.261 e. The SMILES string of the molecule is CCCCCCCCCCCCCC(=O)N[C@H](CN)CO[Si](c1ccccc1)(c1ccccc1)C(C)(C)C.CCCCCCCCCCCCCC(=O)N[C@H](CNCC[C@@H](CCCCCCC)OCc1ccc(OC)cc1)CO[Si](c1ccccc1)(c1ccccc1)C(C)(C)C.CCCCCCC[C@H](CC=O)OCc1ccc(OC)cc1. The highest BCUT2D eigenvalue weighted by Gasteiger charge is 2.52. The van der Waals surface area contributed by atoms with Crippen LogP contribution in [0.2, 0.25) is 10.1 Å². The molecule has 0 aliphatic carbocycles. The van der Waals surface area contributed by atoms with Gasteiger partial charge in [-0.15, -0.1) is 0 Å². The summed E-state index contributed by atoms with van der Waals surface area (Å²) in [6.45, 7) is 26.6. The maximum absolute atomic E-state index is 13.6. The number of ether oxygens (including phenoxy) is 4. The quantitative estimate of drug-likeness (QED) is 0.0163. The molecular weight excluding hydrogens is 1480 g/mol. The average molecular weight is 1650 g/mol. The van der Waals surface area contributed by atoms with E-state index in [2.05, 4.69) is 207 Å². The largest absolute Gasteiger partial charge is 0.497 e. The lowest BCUT2D eigenvalue weighted by Crippen LogP contribution is -2.67. The van der Waals surface area contributed by atoms with Crippen LogP contribution >= 0.6 is 0 Å². The van der Waals surface area contributed by atoms with Crippen LogP contribution in [0, 0.1) is 0 Å². The minimum absolute atomic E-state index is 0.0474. The lowest BCUT2D eigenvalue weighted by atomic mass is 10.1. The summed E-state index contributed by atoms with van der Waals surface area (Å²) in [5.74, 6) is 1.92. The van der Waals surface area contributed by atoms with E-state index in [0.717, 1.165) is 86.8 Å². The van der Waals surface area contributed by atoms with Crippen LogP contribution in [0.5, 0.6) is 11.5 Å². The average Bonchev–Trinajstić information content (AvgIpc) is 0.754. The lowest BCUT2D eigenvalue weighted by Gasteiger charge is -2.43. The minimum Gasteiger partial charge on any atom is -0.497 e. The zero-order chi connectivity index (χ0) is 84.8. The van der Waals surface area contributed by atoms with Crippen LogP contribution in [0.25, 0.3) is 0 Å². The standard InChI is InChI=1S/C51H82N2O4Si.C33H54N2O2Si.C18H28O3/c1-7-9-11-13-14-15-16-17-18-20-28-34-50(54)53-45(43-57-58(51(3,4)5,48-30-24-21-25-31-48)49-32-26-22-27-33-49)41-52-40-39-47(29-23-19-12-10-8-2)56-42-44-35-37-46(55-6)38-36-44;1-5-6-7-8-9-10-11-12-13-14-21-26-32(36)35-29(27-34)28-37-38(33(2,3)4,30-22-17-15-18-23-30)31-24-19-16-20-25-31;1-3-4-5-6-7-8-18(13-14-19)21-15-16-9-11-17(20-2)12-10-16/h21-22,24-27,30-33,35-38,45,47,52H,7-20,23,28-29,34,39-43H2,1-6H3,(H,53,54);15-20,22-25,29H,5-14,21,26-28,34H2,1-4H3,(H,35,36);9-12,14,18H,3-8,13,15H2,1-2H3/t45-,47-;29-;18-/m111/s1. The number of unbranched alkanes of at least 4 members (excludes halogenated alkanes) is 28. The number of rotatable bonds is 64. The molecule has 0 heterocycles. The Morgan fingerprint density at radius 1 is 0.385 bits per heavy atom. The van der Waals surface area contributed by atoms with E-state index in [9.17, 15) is 14.4 Å². The molecule has 15 heteroatoms. The molecule has 0 radical (unpaired) electrons. The van der Waals surface area contributed by atoms with E-state index in [1.165, 1.54) is 194 Å². The van der Waals surface area contributed by atoms with Gasteiger partial charge in [0.15, 0.2) is 0 Å². The molecular formula is C102H164N4O9Si2. The molecule has 4 atom stereocenters. The summed E-state index contributed by atoms with van der Waals surface area (Å²) in [6, 6.07) is 58.5. The number of carbonyl (C=O) groups is 3. The first-order chi connectivity index (χ1) is 56.9. The van der Waals surface area contributed by atoms with Crippen molar-refractivity contribution in [3.63, 3.8) is 0 Å². The Balaban J connectivity index is 0.000000415. The van der Waals surface area contributed by atoms with Crippen LogP contribution in [0.4, 0.5) is 0 Å². The van der Waals surface area contributed by atoms with Gasteiger partial charge in [-0.3, -0.25) is 9.59 Å². The molecule has 0 saturated heterocycles. The number of hydrogen-bond acceptors (Lipinski definition) is 11. The molecule has 5 N–H and O–H groups in total. The molecule has 6 aromatic carbocycles. The highest BCUT2D eigenvalue weighted by molar-refractivity contribution is 7.00. The van der Waals surface area contributed by atoms with E-state index < -0.39 is 16.6 Å². The van der Waals surface area contributed by atoms with Gasteiger partial charge in [-0.2, -0.15) is 0 Å². The number of hydrogen-bond donors (Lipinski definition) is 4. The zero-order valence-corrected chi connectivity index (χ0v) is 77.6. The highest BCUT2D eigenvalue weighted by Crippen LogP contribution is 2.38. The first-order valence-corrected chi connectivity index (χ1v) is 50.1. The Labute approximate surface area is 715 Å². The van der Waals surface area contributed by atoms with Crippen molar-refractivity contribution in [2.75, 3.05) is 47.1 Å². The van der Waals surface area contributed by atoms with Crippen molar-refractivity contribution < 1.29 is 42.2 Å². The molecule has 6 rings (SSSR count). The van der Waals surface area contributed by atoms with Crippen LogP contribution < -0.4 is 51.9 Å². The molecule has 0 fully saturated rings. The monoisotopic (exact) mass is 1650 g/mol. The first-order valence-electron chi connectivity index (χ1n) is 46.3. The van der Waals surface area contributed by atoms with Crippen LogP contribution in [0.1, 0.15) is 324 Å². The third kappa shape index (κ3) is 42.2. The third-order valence-electron chi connectivity index (χ3n) is 22.8. The van der Waals surface area contributed by atoms with Gasteiger partial charge in [0.2, 0.25) is 11.8 Å². The van der Waals surface area contributed by atoms with Crippen LogP contribution in [-0.4, -0.2) is 106 Å². The molecule has 0 saturated carbocycles. The summed E-state index contributed by atoms with van der Waals surface area (Å²) in [5, 5.41) is 15.1. The van der Waals surface area contributed by atoms with E-state index >= 15 is 0 Å². The second-order valence-electron chi connectivity index (χ2n) is 34.6. The number of nitrogens with one attached hydrogen (secondary N) is 3. The van der Waals surface area contributed by atoms with Crippen LogP contribution in [-0.2, 0) is 45.9 Å². The second-order valence-corrected chi connectivity index (χ2v) is 43.3. The summed E-state index contributed by atoms with van der Waals surface area (Å²) < 4.78 is 37.2. The van der Waals surface area contributed by atoms with Gasteiger partial charge in [0.05, 0.1) is 64.9 Å². The van der Waals surface area contributed by atoms with Crippen molar-refractivity contribution in [3.8, 4) is 11.5 Å². The second kappa shape index (κ2) is 63.7. The number of aldehydes is 1. The van der Waals surface area contributed by atoms with Gasteiger partial charge in [0.1, 0.15) is 17.8 Å². The Morgan fingerprint density at radius 3 is 1.00 bits per heavy atom. The van der Waals surface area contributed by atoms with E-state index in [0.29, 0.717) is 58.8 Å². The zero-order valence-electron chi connectivity index (χ0n) is 75.6. The van der Waals surface area contributed by atoms with Gasteiger partial charge < -0.3 is 54.3 Å². The molecule has 654 valence electrons. The highest BCUT2D eigenvalue weighted by atomic mass is 28.4. The van der Waals surface area contributed by atoms with Crippen molar-refractivity contribution in [2.45, 2.75) is 361 Å². The van der Waals surface area contributed by atoms with Crippen LogP contribution in [0.15, 0.2) is 170 Å². The fourth-order valence-corrected chi connectivity index (χ4v) is 25.1. The third-order valence-corrected chi connectivity index (χ3v) is 32.8. The summed E-state index contributed by atoms with van der Waals surface area (Å²) in [6.07, 6.45) is 46.3. The van der Waals surface area contributed by atoms with Crippen LogP contribution in [0.3, 0.4) is 0 Å². The Morgan fingerprint density at radius 2 is 0.684 bits per heavy atom. The number of benzene rings is 6. The molecule has 0 unspecified atom stereocenters. The Kier molecular flexibility index (Phi) is 56.1. The fourth-order valence-electron chi connectivity index (χ4n) is 15.8. The van der Waals surface area contributed by atoms with E-state index in [1.807, 2.05) is 48.5 Å². The molecule has 117 heavy (non-hydrogen) atoms. The summed E-state index contributed by atoms with van der Waals surface area (Å²) >= 11 is 0. The van der Waals surface area contributed by atoms with Crippen molar-refractivity contribution in [1.29, 1.82) is 0 Å². The number of methoxy groups -OCH3 is 2. The van der Waals surface area contributed by atoms with Crippen molar-refractivity contribution in [2.24, 2.45) is 5.73 Å². The fraction of sp³-hybridized carbons (Fsp3) is 0.618. The van der Waals surface area contributed by atoms with Gasteiger partial charge in [-0.1, -0.05) is 407 Å². The predicted molar refractivity (Wildman–Crippen MR) is 500 cm³/mol. The molecule has 0 aliphatic heterocycles. The smallest absolute Gasteiger partial charge is 0.261 e. The van der Waals surface area contributed by atoms with E-state index in [4.69, 9.17) is 33.5 Å². The molecule has 0 spiro atoms. The van der Waals surface area contributed by atoms with Gasteiger partial charge in [-0.05, 0) is 105 Å². The Bertz CT molecular complexity index is 3280. The van der Waals surface area contributed by atoms with Gasteiger partial charge in [0, 0.05) is 32.4 Å². The molecule has 0 aliphatic rings. The first kappa shape index (κ1) is 103. The summed E-state index contributed by atoms with van der Waals surface area (Å²) in [4.78, 5) is 37.0. The summed E-state index contributed by atoms with van der Waals surface area (Å²) in [7, 11) is -2.05. The van der Waals surface area contributed by atoms with Gasteiger partial charge >= 0.3 is 0 Å². The Hall–Kier alpha value is -6.28. The topological polar surface area (TPSA) is 169 Å². The minimum atomic E-state index is -2.77. The van der Waals surface area contributed by atoms with E-state index in [-0.39, 0.29) is 46.2 Å². The summed E-state index contributed by atoms with van der Waals surface area (Å²) in [5.41, 5.74) is 8.39.